The number of carbonyl (C=O) groups is 2. The number of methoxy groups -OCH3 is 1. The Morgan fingerprint density at radius 1 is 1.03 bits per heavy atom. The molecular weight excluding hydrogens is 514 g/mol. The minimum absolute atomic E-state index is 0.0245. The van der Waals surface area contributed by atoms with Gasteiger partial charge in [0, 0.05) is 0 Å². The van der Waals surface area contributed by atoms with Crippen LogP contribution in [0.1, 0.15) is 28.8 Å². The number of sulfonamides is 1. The van der Waals surface area contributed by atoms with Gasteiger partial charge in [-0.25, -0.2) is 13.9 Å². The second-order valence-electron chi connectivity index (χ2n) is 8.17. The molecule has 5 N–H and O–H groups in total. The number of nitrogens with two attached hydrogens (primary N) is 1. The number of para-hydroxylation sites is 1. The van der Waals surface area contributed by atoms with Gasteiger partial charge in [-0.05, 0) is 54.8 Å². The van der Waals surface area contributed by atoms with Crippen LogP contribution in [-0.2, 0) is 21.4 Å². The average molecular weight is 544 g/mol. The lowest BCUT2D eigenvalue weighted by Gasteiger charge is -2.28. The van der Waals surface area contributed by atoms with Crippen LogP contribution in [0.3, 0.4) is 0 Å². The van der Waals surface area contributed by atoms with E-state index in [4.69, 9.17) is 15.2 Å². The summed E-state index contributed by atoms with van der Waals surface area (Å²) in [6.45, 7) is -0.190. The molecule has 0 aliphatic rings. The van der Waals surface area contributed by atoms with Crippen molar-refractivity contribution in [2.24, 2.45) is 5.73 Å². The minimum atomic E-state index is -4.28. The molecule has 202 valence electrons. The van der Waals surface area contributed by atoms with Crippen molar-refractivity contribution in [2.45, 2.75) is 30.4 Å². The van der Waals surface area contributed by atoms with Crippen LogP contribution >= 0.6 is 0 Å². The Morgan fingerprint density at radius 2 is 1.71 bits per heavy atom. The molecule has 2 amide bonds. The molecule has 0 saturated carbocycles. The summed E-state index contributed by atoms with van der Waals surface area (Å²) in [6.07, 6.45) is -1.11. The molecule has 0 bridgehead atoms. The molecule has 0 aliphatic carbocycles. The Bertz CT molecular complexity index is 1350. The first-order chi connectivity index (χ1) is 18.2. The van der Waals surface area contributed by atoms with Gasteiger partial charge in [-0.3, -0.25) is 19.1 Å². The van der Waals surface area contributed by atoms with Crippen molar-refractivity contribution in [2.75, 3.05) is 18.0 Å². The molecule has 0 aromatic heterocycles. The average Bonchev–Trinajstić information content (AvgIpc) is 2.93. The maximum atomic E-state index is 14.0. The van der Waals surface area contributed by atoms with Gasteiger partial charge in [0.25, 0.3) is 15.9 Å². The Labute approximate surface area is 220 Å². The van der Waals surface area contributed by atoms with Crippen LogP contribution in [0.25, 0.3) is 0 Å². The van der Waals surface area contributed by atoms with Gasteiger partial charge in [0.05, 0.1) is 30.7 Å². The number of aliphatic hydroxyl groups excluding tert-OH is 1. The quantitative estimate of drug-likeness (QED) is 0.145. The van der Waals surface area contributed by atoms with Crippen LogP contribution < -0.4 is 25.0 Å². The number of amides is 2. The Hall–Kier alpha value is -4.13. The highest BCUT2D eigenvalue weighted by atomic mass is 32.2. The van der Waals surface area contributed by atoms with Crippen LogP contribution in [-0.4, -0.2) is 50.4 Å². The number of hydroxylamine groups is 1. The standard InChI is InChI=1S/C26H29N3O8S/c1-36-19-12-14-20(15-13-19)38(34,35)29(17-18-7-3-2-4-8-18)24-21(26(32)28-33)9-5-11-23(24)37-16-6-10-22(30)25(27)31/h2-5,7-9,11-15,22,30,33H,6,10,16-17H2,1H3,(H2,27,31)(H,28,32). The summed E-state index contributed by atoms with van der Waals surface area (Å²) in [5, 5.41) is 19.0. The van der Waals surface area contributed by atoms with Gasteiger partial charge in [-0.15, -0.1) is 0 Å². The minimum Gasteiger partial charge on any atom is -0.497 e. The lowest BCUT2D eigenvalue weighted by atomic mass is 10.1. The SMILES string of the molecule is COc1ccc(S(=O)(=O)N(Cc2ccccc2)c2c(OCCCC(O)C(N)=O)cccc2C(=O)NO)cc1. The van der Waals surface area contributed by atoms with Crippen LogP contribution in [0.15, 0.2) is 77.7 Å². The number of primary amides is 1. The van der Waals surface area contributed by atoms with E-state index in [-0.39, 0.29) is 47.9 Å². The summed E-state index contributed by atoms with van der Waals surface area (Å²) in [6, 6.07) is 18.8. The van der Waals surface area contributed by atoms with Crippen LogP contribution in [0.2, 0.25) is 0 Å². The molecule has 0 spiro atoms. The molecule has 0 radical (unpaired) electrons. The number of rotatable bonds is 13. The second-order valence-corrected chi connectivity index (χ2v) is 10.0. The van der Waals surface area contributed by atoms with Gasteiger partial charge >= 0.3 is 0 Å². The third-order valence-electron chi connectivity index (χ3n) is 5.62. The highest BCUT2D eigenvalue weighted by Crippen LogP contribution is 2.38. The number of hydrogen-bond donors (Lipinski definition) is 4. The molecule has 3 aromatic rings. The summed E-state index contributed by atoms with van der Waals surface area (Å²) >= 11 is 0. The molecule has 11 nitrogen and oxygen atoms in total. The van der Waals surface area contributed by atoms with E-state index in [2.05, 4.69) is 0 Å². The number of benzene rings is 3. The fourth-order valence-corrected chi connectivity index (χ4v) is 5.13. The number of hydrogen-bond acceptors (Lipinski definition) is 8. The van der Waals surface area contributed by atoms with Crippen LogP contribution in [0.4, 0.5) is 5.69 Å². The number of ether oxygens (including phenoxy) is 2. The monoisotopic (exact) mass is 543 g/mol. The molecule has 3 aromatic carbocycles. The summed E-state index contributed by atoms with van der Waals surface area (Å²) in [5.74, 6) is -1.32. The maximum Gasteiger partial charge on any atom is 0.276 e. The van der Waals surface area contributed by atoms with E-state index < -0.39 is 27.9 Å². The van der Waals surface area contributed by atoms with Crippen molar-refractivity contribution in [3.05, 3.63) is 83.9 Å². The molecule has 1 atom stereocenters. The van der Waals surface area contributed by atoms with Gasteiger partial charge in [0.1, 0.15) is 23.3 Å². The predicted molar refractivity (Wildman–Crippen MR) is 138 cm³/mol. The van der Waals surface area contributed by atoms with Crippen molar-refractivity contribution < 1.29 is 37.8 Å². The van der Waals surface area contributed by atoms with Crippen LogP contribution in [0, 0.1) is 0 Å². The topological polar surface area (TPSA) is 168 Å². The van der Waals surface area contributed by atoms with E-state index in [1.807, 2.05) is 0 Å². The normalized spacial score (nSPS) is 11.9. The second kappa shape index (κ2) is 12.9. The molecule has 0 aliphatic heterocycles. The van der Waals surface area contributed by atoms with E-state index >= 15 is 0 Å². The molecule has 0 fully saturated rings. The fourth-order valence-electron chi connectivity index (χ4n) is 3.65. The zero-order valence-corrected chi connectivity index (χ0v) is 21.4. The van der Waals surface area contributed by atoms with E-state index in [9.17, 15) is 28.3 Å². The largest absolute Gasteiger partial charge is 0.497 e. The molecule has 0 saturated heterocycles. The van der Waals surface area contributed by atoms with Crippen molar-refractivity contribution in [3.63, 3.8) is 0 Å². The summed E-state index contributed by atoms with van der Waals surface area (Å²) < 4.78 is 40.0. The fraction of sp³-hybridized carbons (Fsp3) is 0.231. The summed E-state index contributed by atoms with van der Waals surface area (Å²) in [7, 11) is -2.83. The molecule has 12 heteroatoms. The van der Waals surface area contributed by atoms with Gasteiger partial charge in [0.2, 0.25) is 5.91 Å². The number of nitrogens with one attached hydrogen (secondary N) is 1. The van der Waals surface area contributed by atoms with Crippen molar-refractivity contribution in [1.29, 1.82) is 0 Å². The van der Waals surface area contributed by atoms with Gasteiger partial charge in [0.15, 0.2) is 0 Å². The Kier molecular flexibility index (Phi) is 9.66. The number of carbonyl (C=O) groups excluding carboxylic acids is 2. The molecule has 3 rings (SSSR count). The van der Waals surface area contributed by atoms with Crippen LogP contribution in [0.5, 0.6) is 11.5 Å². The Morgan fingerprint density at radius 3 is 2.32 bits per heavy atom. The maximum absolute atomic E-state index is 14.0. The van der Waals surface area contributed by atoms with Gasteiger partial charge < -0.3 is 20.3 Å². The first-order valence-electron chi connectivity index (χ1n) is 11.6. The van der Waals surface area contributed by atoms with Gasteiger partial charge in [-0.1, -0.05) is 36.4 Å². The summed E-state index contributed by atoms with van der Waals surface area (Å²) in [5.41, 5.74) is 6.99. The first kappa shape index (κ1) is 28.4. The van der Waals surface area contributed by atoms with Crippen molar-refractivity contribution in [3.8, 4) is 11.5 Å². The zero-order valence-electron chi connectivity index (χ0n) is 20.6. The first-order valence-corrected chi connectivity index (χ1v) is 13.0. The highest BCUT2D eigenvalue weighted by molar-refractivity contribution is 7.92. The molecule has 0 heterocycles. The van der Waals surface area contributed by atoms with E-state index in [1.165, 1.54) is 49.6 Å². The van der Waals surface area contributed by atoms with Gasteiger partial charge in [-0.2, -0.15) is 0 Å². The number of anilines is 1. The molecule has 38 heavy (non-hydrogen) atoms. The third-order valence-corrected chi connectivity index (χ3v) is 7.38. The van der Waals surface area contributed by atoms with Crippen molar-refractivity contribution >= 4 is 27.5 Å². The molecular formula is C26H29N3O8S. The lowest BCUT2D eigenvalue weighted by Crippen LogP contribution is -2.33. The Balaban J connectivity index is 2.11. The molecule has 1 unspecified atom stereocenters. The van der Waals surface area contributed by atoms with E-state index in [1.54, 1.807) is 35.8 Å². The van der Waals surface area contributed by atoms with Crippen molar-refractivity contribution in [1.82, 2.24) is 5.48 Å². The third kappa shape index (κ3) is 6.79. The lowest BCUT2D eigenvalue weighted by molar-refractivity contribution is -0.126. The zero-order chi connectivity index (χ0) is 27.7. The highest BCUT2D eigenvalue weighted by Gasteiger charge is 2.32. The summed E-state index contributed by atoms with van der Waals surface area (Å²) in [4.78, 5) is 23.7. The van der Waals surface area contributed by atoms with E-state index in [0.717, 1.165) is 4.31 Å². The predicted octanol–water partition coefficient (Wildman–Crippen LogP) is 2.21. The number of nitrogens with zero attached hydrogens (tertiary/aromatic N) is 1. The van der Waals surface area contributed by atoms with E-state index in [0.29, 0.717) is 11.3 Å². The smallest absolute Gasteiger partial charge is 0.276 e. The number of aliphatic hydroxyl groups is 1.